The van der Waals surface area contributed by atoms with Crippen molar-refractivity contribution >= 4 is 22.4 Å². The Morgan fingerprint density at radius 2 is 2.00 bits per heavy atom. The number of nitrogens with one attached hydrogen (secondary N) is 2. The van der Waals surface area contributed by atoms with Crippen molar-refractivity contribution in [2.45, 2.75) is 26.3 Å². The van der Waals surface area contributed by atoms with Gasteiger partial charge >= 0.3 is 0 Å². The van der Waals surface area contributed by atoms with Gasteiger partial charge in [-0.2, -0.15) is 4.98 Å². The molecule has 2 aromatic heterocycles. The van der Waals surface area contributed by atoms with Crippen LogP contribution in [-0.2, 0) is 13.0 Å². The summed E-state index contributed by atoms with van der Waals surface area (Å²) in [5.41, 5.74) is 5.01. The fourth-order valence-electron chi connectivity index (χ4n) is 3.95. The molecule has 146 valence electrons. The van der Waals surface area contributed by atoms with E-state index in [0.29, 0.717) is 12.5 Å². The van der Waals surface area contributed by atoms with Crippen LogP contribution in [0.25, 0.3) is 16.9 Å². The van der Waals surface area contributed by atoms with Gasteiger partial charge in [-0.05, 0) is 49.6 Å². The van der Waals surface area contributed by atoms with E-state index in [0.717, 1.165) is 53.4 Å². The number of para-hydroxylation sites is 1. The molecule has 0 spiro atoms. The molecule has 0 bridgehead atoms. The Kier molecular flexibility index (Phi) is 4.39. The molecule has 1 aliphatic rings. The van der Waals surface area contributed by atoms with Crippen molar-refractivity contribution < 1.29 is 4.39 Å². The minimum atomic E-state index is -0.234. The van der Waals surface area contributed by atoms with E-state index in [2.05, 4.69) is 40.3 Å². The second-order valence-corrected chi connectivity index (χ2v) is 7.39. The van der Waals surface area contributed by atoms with E-state index < -0.39 is 0 Å². The highest BCUT2D eigenvalue weighted by molar-refractivity contribution is 5.83. The quantitative estimate of drug-likeness (QED) is 0.526. The molecule has 3 heterocycles. The maximum atomic E-state index is 13.5. The molecule has 4 aromatic rings. The second kappa shape index (κ2) is 7.20. The number of fused-ring (bicyclic) bond motifs is 2. The molecule has 0 unspecified atom stereocenters. The summed E-state index contributed by atoms with van der Waals surface area (Å²) in [6.07, 6.45) is 1.95. The lowest BCUT2D eigenvalue weighted by atomic mass is 10.1. The van der Waals surface area contributed by atoms with Crippen LogP contribution in [0.15, 0.2) is 54.6 Å². The Labute approximate surface area is 168 Å². The number of nitrogens with zero attached hydrogens (tertiary/aromatic N) is 3. The number of halogens is 1. The molecule has 5 rings (SSSR count). The molecule has 0 saturated carbocycles. The number of benzene rings is 2. The predicted molar refractivity (Wildman–Crippen MR) is 114 cm³/mol. The highest BCUT2D eigenvalue weighted by Gasteiger charge is 2.20. The normalized spacial score (nSPS) is 13.2. The molecular weight excluding hydrogens is 365 g/mol. The first-order valence-electron chi connectivity index (χ1n) is 9.89. The van der Waals surface area contributed by atoms with Gasteiger partial charge in [0.25, 0.3) is 0 Å². The second-order valence-electron chi connectivity index (χ2n) is 7.39. The Bertz CT molecular complexity index is 1200. The third kappa shape index (κ3) is 3.31. The molecule has 0 aliphatic carbocycles. The molecule has 0 fully saturated rings. The Balaban J connectivity index is 1.58. The summed E-state index contributed by atoms with van der Waals surface area (Å²) in [7, 11) is 0. The van der Waals surface area contributed by atoms with E-state index in [9.17, 15) is 4.39 Å². The largest absolute Gasteiger partial charge is 0.381 e. The number of hydrogen-bond donors (Lipinski definition) is 2. The van der Waals surface area contributed by atoms with E-state index in [1.165, 1.54) is 11.5 Å². The van der Waals surface area contributed by atoms with Gasteiger partial charge in [-0.3, -0.25) is 4.57 Å². The highest BCUT2D eigenvalue weighted by atomic mass is 19.1. The van der Waals surface area contributed by atoms with Gasteiger partial charge in [0.2, 0.25) is 5.95 Å². The van der Waals surface area contributed by atoms with Crippen LogP contribution >= 0.6 is 0 Å². The van der Waals surface area contributed by atoms with Crippen LogP contribution in [0.1, 0.15) is 23.4 Å². The summed E-state index contributed by atoms with van der Waals surface area (Å²) >= 11 is 0. The molecule has 6 heteroatoms. The maximum Gasteiger partial charge on any atom is 0.236 e. The van der Waals surface area contributed by atoms with Crippen LogP contribution in [0.4, 0.5) is 15.9 Å². The molecule has 2 N–H and O–H groups in total. The summed E-state index contributed by atoms with van der Waals surface area (Å²) < 4.78 is 15.6. The molecular formula is C23H22FN5. The monoisotopic (exact) mass is 387 g/mol. The van der Waals surface area contributed by atoms with E-state index in [1.54, 1.807) is 12.1 Å². The summed E-state index contributed by atoms with van der Waals surface area (Å²) in [5.74, 6) is 1.18. The zero-order valence-corrected chi connectivity index (χ0v) is 16.2. The third-order valence-corrected chi connectivity index (χ3v) is 5.31. The lowest BCUT2D eigenvalue weighted by molar-refractivity contribution is 0.626. The summed E-state index contributed by atoms with van der Waals surface area (Å²) in [4.78, 5) is 9.75. The first-order valence-corrected chi connectivity index (χ1v) is 9.89. The van der Waals surface area contributed by atoms with Crippen LogP contribution in [0, 0.1) is 12.7 Å². The summed E-state index contributed by atoms with van der Waals surface area (Å²) in [5, 5.41) is 7.99. The number of anilines is 2. The van der Waals surface area contributed by atoms with E-state index in [-0.39, 0.29) is 5.82 Å². The number of aryl methyl sites for hydroxylation is 2. The van der Waals surface area contributed by atoms with Gasteiger partial charge in [-0.1, -0.05) is 30.3 Å². The van der Waals surface area contributed by atoms with Crippen LogP contribution < -0.4 is 10.6 Å². The van der Waals surface area contributed by atoms with Crippen molar-refractivity contribution in [2.75, 3.05) is 17.2 Å². The van der Waals surface area contributed by atoms with Crippen molar-refractivity contribution in [3.05, 3.63) is 77.4 Å². The fourth-order valence-corrected chi connectivity index (χ4v) is 3.95. The number of aromatic nitrogens is 3. The highest BCUT2D eigenvalue weighted by Crippen LogP contribution is 2.31. The van der Waals surface area contributed by atoms with Crippen molar-refractivity contribution in [1.29, 1.82) is 0 Å². The molecule has 2 aromatic carbocycles. The van der Waals surface area contributed by atoms with Crippen molar-refractivity contribution in [3.8, 4) is 5.95 Å². The third-order valence-electron chi connectivity index (χ3n) is 5.31. The van der Waals surface area contributed by atoms with E-state index in [4.69, 9.17) is 9.97 Å². The smallest absolute Gasteiger partial charge is 0.236 e. The van der Waals surface area contributed by atoms with Crippen LogP contribution in [0.3, 0.4) is 0 Å². The molecule has 0 saturated heterocycles. The molecule has 0 radical (unpaired) electrons. The molecule has 5 nitrogen and oxygen atoms in total. The van der Waals surface area contributed by atoms with Crippen LogP contribution in [-0.4, -0.2) is 21.1 Å². The molecule has 29 heavy (non-hydrogen) atoms. The first kappa shape index (κ1) is 17.7. The van der Waals surface area contributed by atoms with Crippen LogP contribution in [0.5, 0.6) is 0 Å². The predicted octanol–water partition coefficient (Wildman–Crippen LogP) is 4.84. The van der Waals surface area contributed by atoms with Crippen LogP contribution in [0.2, 0.25) is 0 Å². The lowest BCUT2D eigenvalue weighted by Gasteiger charge is -2.22. The average molecular weight is 387 g/mol. The maximum absolute atomic E-state index is 13.5. The molecule has 0 atom stereocenters. The number of hydrogen-bond acceptors (Lipinski definition) is 4. The van der Waals surface area contributed by atoms with Gasteiger partial charge in [-0.25, -0.2) is 9.37 Å². The van der Waals surface area contributed by atoms with Gasteiger partial charge in [-0.15, -0.1) is 0 Å². The van der Waals surface area contributed by atoms with Gasteiger partial charge < -0.3 is 10.6 Å². The molecule has 0 amide bonds. The van der Waals surface area contributed by atoms with Gasteiger partial charge in [0.05, 0.1) is 16.9 Å². The fraction of sp³-hybridized carbons (Fsp3) is 0.217. The first-order chi connectivity index (χ1) is 14.2. The van der Waals surface area contributed by atoms with Crippen molar-refractivity contribution in [2.24, 2.45) is 0 Å². The minimum Gasteiger partial charge on any atom is -0.381 e. The van der Waals surface area contributed by atoms with Gasteiger partial charge in [0.15, 0.2) is 5.82 Å². The van der Waals surface area contributed by atoms with Crippen molar-refractivity contribution in [3.63, 3.8) is 0 Å². The van der Waals surface area contributed by atoms with E-state index >= 15 is 0 Å². The van der Waals surface area contributed by atoms with Gasteiger partial charge in [0, 0.05) is 24.2 Å². The summed E-state index contributed by atoms with van der Waals surface area (Å²) in [6.45, 7) is 3.46. The SMILES string of the molecule is Cc1cc2ccccc2n1-c1nc2c(c(NCc3cccc(F)c3)n1)NCCC2. The Morgan fingerprint density at radius 3 is 2.90 bits per heavy atom. The Hall–Kier alpha value is -3.41. The zero-order chi connectivity index (χ0) is 19.8. The average Bonchev–Trinajstić information content (AvgIpc) is 3.07. The topological polar surface area (TPSA) is 54.8 Å². The zero-order valence-electron chi connectivity index (χ0n) is 16.2. The van der Waals surface area contributed by atoms with Crippen molar-refractivity contribution in [1.82, 2.24) is 14.5 Å². The lowest BCUT2D eigenvalue weighted by Crippen LogP contribution is -2.19. The Morgan fingerprint density at radius 1 is 1.10 bits per heavy atom. The number of rotatable bonds is 4. The minimum absolute atomic E-state index is 0.234. The van der Waals surface area contributed by atoms with Gasteiger partial charge in [0.1, 0.15) is 5.82 Å². The van der Waals surface area contributed by atoms with E-state index in [1.807, 2.05) is 18.2 Å². The summed E-state index contributed by atoms with van der Waals surface area (Å²) in [6, 6.07) is 17.0. The molecule has 1 aliphatic heterocycles. The standard InChI is InChI=1S/C23H22FN5/c1-15-12-17-7-2-3-10-20(17)29(15)23-27-19-9-5-11-25-21(19)22(28-23)26-14-16-6-4-8-18(24)13-16/h2-4,6-8,10,12-13,25H,5,9,11,14H2,1H3,(H,26,27,28).